The SMILES string of the molecule is CCC1(CC)CCN(S(=O)(=O)Cl)C1. The molecule has 0 unspecified atom stereocenters. The van der Waals surface area contributed by atoms with Gasteiger partial charge in [0, 0.05) is 23.8 Å². The van der Waals surface area contributed by atoms with E-state index in [0.29, 0.717) is 13.1 Å². The van der Waals surface area contributed by atoms with Crippen molar-refractivity contribution in [1.29, 1.82) is 0 Å². The minimum Gasteiger partial charge on any atom is -0.195 e. The third kappa shape index (κ3) is 2.36. The summed E-state index contributed by atoms with van der Waals surface area (Å²) < 4.78 is 23.5. The van der Waals surface area contributed by atoms with E-state index in [1.54, 1.807) is 0 Å². The van der Waals surface area contributed by atoms with E-state index in [4.69, 9.17) is 10.7 Å². The molecule has 0 N–H and O–H groups in total. The highest BCUT2D eigenvalue weighted by molar-refractivity contribution is 8.11. The standard InChI is InChI=1S/C8H16ClNO2S/c1-3-8(4-2)5-6-10(7-8)13(9,11)12/h3-7H2,1-2H3. The molecule has 0 bridgehead atoms. The minimum atomic E-state index is -3.49. The van der Waals surface area contributed by atoms with Crippen molar-refractivity contribution in [2.75, 3.05) is 13.1 Å². The Morgan fingerprint density at radius 2 is 1.92 bits per heavy atom. The fourth-order valence-corrected chi connectivity index (χ4v) is 3.00. The topological polar surface area (TPSA) is 37.4 Å². The van der Waals surface area contributed by atoms with Crippen LogP contribution in [-0.2, 0) is 9.24 Å². The van der Waals surface area contributed by atoms with Gasteiger partial charge in [-0.3, -0.25) is 0 Å². The summed E-state index contributed by atoms with van der Waals surface area (Å²) in [6.07, 6.45) is 2.98. The van der Waals surface area contributed by atoms with Crippen LogP contribution in [0.15, 0.2) is 0 Å². The number of nitrogens with zero attached hydrogens (tertiary/aromatic N) is 1. The number of hydrogen-bond donors (Lipinski definition) is 0. The summed E-state index contributed by atoms with van der Waals surface area (Å²) in [6.45, 7) is 5.38. The first-order valence-corrected chi connectivity index (χ1v) is 6.90. The van der Waals surface area contributed by atoms with Crippen molar-refractivity contribution in [2.45, 2.75) is 33.1 Å². The smallest absolute Gasteiger partial charge is 0.195 e. The van der Waals surface area contributed by atoms with Gasteiger partial charge in [0.05, 0.1) is 0 Å². The number of halogens is 1. The molecule has 0 atom stereocenters. The van der Waals surface area contributed by atoms with Crippen LogP contribution in [0.2, 0.25) is 0 Å². The molecule has 0 radical (unpaired) electrons. The lowest BCUT2D eigenvalue weighted by molar-refractivity contribution is 0.280. The highest BCUT2D eigenvalue weighted by Crippen LogP contribution is 2.38. The van der Waals surface area contributed by atoms with Crippen molar-refractivity contribution in [3.05, 3.63) is 0 Å². The second kappa shape index (κ2) is 3.75. The van der Waals surface area contributed by atoms with Gasteiger partial charge < -0.3 is 0 Å². The lowest BCUT2D eigenvalue weighted by atomic mass is 9.82. The molecule has 5 heteroatoms. The maximum absolute atomic E-state index is 11.0. The maximum Gasteiger partial charge on any atom is 0.299 e. The summed E-state index contributed by atoms with van der Waals surface area (Å²) in [6, 6.07) is 0. The number of rotatable bonds is 3. The molecule has 0 amide bonds. The highest BCUT2D eigenvalue weighted by Gasteiger charge is 2.39. The van der Waals surface area contributed by atoms with Gasteiger partial charge in [-0.2, -0.15) is 12.7 Å². The molecule has 0 spiro atoms. The fraction of sp³-hybridized carbons (Fsp3) is 1.00. The summed E-state index contributed by atoms with van der Waals surface area (Å²) in [4.78, 5) is 0. The zero-order valence-corrected chi connectivity index (χ0v) is 9.66. The molecule has 0 aliphatic carbocycles. The second-order valence-corrected chi connectivity index (χ2v) is 6.24. The van der Waals surface area contributed by atoms with Crippen LogP contribution >= 0.6 is 10.7 Å². The van der Waals surface area contributed by atoms with Crippen molar-refractivity contribution in [1.82, 2.24) is 4.31 Å². The van der Waals surface area contributed by atoms with Gasteiger partial charge in [-0.1, -0.05) is 13.8 Å². The molecule has 78 valence electrons. The summed E-state index contributed by atoms with van der Waals surface area (Å²) in [5, 5.41) is 0. The predicted octanol–water partition coefficient (Wildman–Crippen LogP) is 1.98. The average molecular weight is 226 g/mol. The molecule has 0 saturated carbocycles. The van der Waals surface area contributed by atoms with Gasteiger partial charge in [-0.15, -0.1) is 0 Å². The first-order chi connectivity index (χ1) is 5.93. The molecular formula is C8H16ClNO2S. The Kier molecular flexibility index (Phi) is 3.25. The predicted molar refractivity (Wildman–Crippen MR) is 54.0 cm³/mol. The first kappa shape index (κ1) is 11.3. The summed E-state index contributed by atoms with van der Waals surface area (Å²) >= 11 is 0. The van der Waals surface area contributed by atoms with Crippen molar-refractivity contribution in [2.24, 2.45) is 5.41 Å². The quantitative estimate of drug-likeness (QED) is 0.689. The van der Waals surface area contributed by atoms with Gasteiger partial charge >= 0.3 is 0 Å². The molecular weight excluding hydrogens is 210 g/mol. The van der Waals surface area contributed by atoms with Crippen molar-refractivity contribution >= 4 is 19.9 Å². The highest BCUT2D eigenvalue weighted by atomic mass is 35.7. The van der Waals surface area contributed by atoms with Crippen LogP contribution in [0.4, 0.5) is 0 Å². The van der Waals surface area contributed by atoms with Crippen LogP contribution < -0.4 is 0 Å². The Bertz CT molecular complexity index is 272. The molecule has 1 saturated heterocycles. The fourth-order valence-electron chi connectivity index (χ4n) is 1.91. The van der Waals surface area contributed by atoms with E-state index in [9.17, 15) is 8.42 Å². The van der Waals surface area contributed by atoms with Gasteiger partial charge in [-0.25, -0.2) is 0 Å². The van der Waals surface area contributed by atoms with Crippen LogP contribution in [0.1, 0.15) is 33.1 Å². The summed E-state index contributed by atoms with van der Waals surface area (Å²) in [5.74, 6) is 0. The first-order valence-electron chi connectivity index (χ1n) is 4.63. The molecule has 0 aromatic rings. The average Bonchev–Trinajstić information content (AvgIpc) is 2.48. The molecule has 0 aromatic carbocycles. The molecule has 1 heterocycles. The van der Waals surface area contributed by atoms with Crippen LogP contribution in [0, 0.1) is 5.41 Å². The van der Waals surface area contributed by atoms with Crippen LogP contribution in [0.5, 0.6) is 0 Å². The third-order valence-corrected chi connectivity index (χ3v) is 4.73. The molecule has 1 aliphatic heterocycles. The van der Waals surface area contributed by atoms with E-state index >= 15 is 0 Å². The Morgan fingerprint density at radius 3 is 2.15 bits per heavy atom. The summed E-state index contributed by atoms with van der Waals surface area (Å²) in [5.41, 5.74) is 0.169. The minimum absolute atomic E-state index is 0.169. The second-order valence-electron chi connectivity index (χ2n) is 3.73. The largest absolute Gasteiger partial charge is 0.299 e. The van der Waals surface area contributed by atoms with Crippen LogP contribution in [0.3, 0.4) is 0 Å². The van der Waals surface area contributed by atoms with Crippen LogP contribution in [-0.4, -0.2) is 25.8 Å². The maximum atomic E-state index is 11.0. The molecule has 13 heavy (non-hydrogen) atoms. The van der Waals surface area contributed by atoms with Crippen molar-refractivity contribution < 1.29 is 8.42 Å². The van der Waals surface area contributed by atoms with E-state index in [1.165, 1.54) is 4.31 Å². The van der Waals surface area contributed by atoms with Gasteiger partial charge in [0.25, 0.3) is 9.24 Å². The van der Waals surface area contributed by atoms with Gasteiger partial charge in [0.2, 0.25) is 0 Å². The zero-order chi connectivity index (χ0) is 10.1. The lowest BCUT2D eigenvalue weighted by Crippen LogP contribution is -2.28. The van der Waals surface area contributed by atoms with Gasteiger partial charge in [0.1, 0.15) is 0 Å². The van der Waals surface area contributed by atoms with Crippen LogP contribution in [0.25, 0.3) is 0 Å². The monoisotopic (exact) mass is 225 g/mol. The Labute approximate surface area is 84.6 Å². The summed E-state index contributed by atoms with van der Waals surface area (Å²) in [7, 11) is 1.79. The number of hydrogen-bond acceptors (Lipinski definition) is 2. The van der Waals surface area contributed by atoms with E-state index in [-0.39, 0.29) is 5.41 Å². The molecule has 0 aromatic heterocycles. The van der Waals surface area contributed by atoms with Gasteiger partial charge in [0.15, 0.2) is 0 Å². The van der Waals surface area contributed by atoms with E-state index in [2.05, 4.69) is 13.8 Å². The third-order valence-electron chi connectivity index (χ3n) is 3.21. The van der Waals surface area contributed by atoms with Crippen molar-refractivity contribution in [3.63, 3.8) is 0 Å². The molecule has 3 nitrogen and oxygen atoms in total. The molecule has 1 rings (SSSR count). The Morgan fingerprint density at radius 1 is 1.38 bits per heavy atom. The lowest BCUT2D eigenvalue weighted by Gasteiger charge is -2.25. The Hall–Kier alpha value is 0.200. The van der Waals surface area contributed by atoms with E-state index in [1.807, 2.05) is 0 Å². The van der Waals surface area contributed by atoms with Gasteiger partial charge in [-0.05, 0) is 24.7 Å². The zero-order valence-electron chi connectivity index (χ0n) is 8.09. The van der Waals surface area contributed by atoms with E-state index < -0.39 is 9.24 Å². The molecule has 1 fully saturated rings. The van der Waals surface area contributed by atoms with E-state index in [0.717, 1.165) is 19.3 Å². The molecule has 1 aliphatic rings. The van der Waals surface area contributed by atoms with Crippen molar-refractivity contribution in [3.8, 4) is 0 Å². The normalized spacial score (nSPS) is 23.6. The Balaban J connectivity index is 2.73.